The summed E-state index contributed by atoms with van der Waals surface area (Å²) in [5, 5.41) is 10.9. The number of nitrogens with two attached hydrogens (primary N) is 1. The lowest BCUT2D eigenvalue weighted by Crippen LogP contribution is -2.01. The molecule has 5 nitrogen and oxygen atoms in total. The highest BCUT2D eigenvalue weighted by Gasteiger charge is 2.15. The SMILES string of the molecule is Cc1c(CS(=O)c2cccc(N)c2)cccc1[N+](=O)[O-]. The van der Waals surface area contributed by atoms with Gasteiger partial charge in [-0.25, -0.2) is 0 Å². The summed E-state index contributed by atoms with van der Waals surface area (Å²) in [6, 6.07) is 11.7. The van der Waals surface area contributed by atoms with Crippen LogP contribution in [0.25, 0.3) is 0 Å². The van der Waals surface area contributed by atoms with Crippen LogP contribution in [-0.4, -0.2) is 9.13 Å². The number of nitro benzene ring substituents is 1. The van der Waals surface area contributed by atoms with Gasteiger partial charge in [0, 0.05) is 22.2 Å². The maximum atomic E-state index is 12.3. The van der Waals surface area contributed by atoms with Crippen molar-refractivity contribution in [3.63, 3.8) is 0 Å². The van der Waals surface area contributed by atoms with E-state index in [9.17, 15) is 14.3 Å². The molecule has 104 valence electrons. The molecular formula is C14H14N2O3S. The van der Waals surface area contributed by atoms with Gasteiger partial charge in [0.15, 0.2) is 0 Å². The molecule has 2 rings (SSSR count). The number of hydrogen-bond acceptors (Lipinski definition) is 4. The molecule has 20 heavy (non-hydrogen) atoms. The van der Waals surface area contributed by atoms with E-state index in [1.165, 1.54) is 6.07 Å². The summed E-state index contributed by atoms with van der Waals surface area (Å²) in [6.45, 7) is 1.67. The van der Waals surface area contributed by atoms with E-state index in [0.717, 1.165) is 0 Å². The third-order valence-electron chi connectivity index (χ3n) is 3.02. The molecule has 1 atom stereocenters. The molecule has 0 heterocycles. The second-order valence-electron chi connectivity index (χ2n) is 4.38. The zero-order valence-corrected chi connectivity index (χ0v) is 11.7. The lowest BCUT2D eigenvalue weighted by Gasteiger charge is -2.07. The van der Waals surface area contributed by atoms with Crippen LogP contribution in [0.15, 0.2) is 47.4 Å². The molecule has 2 aromatic carbocycles. The summed E-state index contributed by atoms with van der Waals surface area (Å²) in [5.41, 5.74) is 7.51. The second-order valence-corrected chi connectivity index (χ2v) is 5.83. The van der Waals surface area contributed by atoms with Gasteiger partial charge in [0.1, 0.15) is 0 Å². The Labute approximate surface area is 119 Å². The monoisotopic (exact) mass is 290 g/mol. The number of rotatable bonds is 4. The van der Waals surface area contributed by atoms with E-state index in [1.54, 1.807) is 43.3 Å². The van der Waals surface area contributed by atoms with Gasteiger partial charge < -0.3 is 5.73 Å². The first kappa shape index (κ1) is 14.2. The Kier molecular flexibility index (Phi) is 4.14. The van der Waals surface area contributed by atoms with Crippen LogP contribution in [-0.2, 0) is 16.6 Å². The molecule has 0 fully saturated rings. The first-order chi connectivity index (χ1) is 9.49. The fourth-order valence-electron chi connectivity index (χ4n) is 1.90. The van der Waals surface area contributed by atoms with E-state index in [4.69, 9.17) is 5.73 Å². The summed E-state index contributed by atoms with van der Waals surface area (Å²) in [7, 11) is -1.28. The van der Waals surface area contributed by atoms with Crippen LogP contribution < -0.4 is 5.73 Å². The Balaban J connectivity index is 2.29. The van der Waals surface area contributed by atoms with Crippen molar-refractivity contribution in [1.29, 1.82) is 0 Å². The van der Waals surface area contributed by atoms with Gasteiger partial charge in [-0.3, -0.25) is 14.3 Å². The van der Waals surface area contributed by atoms with Crippen molar-refractivity contribution in [3.8, 4) is 0 Å². The van der Waals surface area contributed by atoms with E-state index in [0.29, 0.717) is 21.7 Å². The third-order valence-corrected chi connectivity index (χ3v) is 4.37. The lowest BCUT2D eigenvalue weighted by molar-refractivity contribution is -0.385. The molecule has 0 aliphatic heterocycles. The Morgan fingerprint density at radius 2 is 1.95 bits per heavy atom. The maximum Gasteiger partial charge on any atom is 0.272 e. The van der Waals surface area contributed by atoms with Crippen LogP contribution in [0.4, 0.5) is 11.4 Å². The standard InChI is InChI=1S/C14H14N2O3S/c1-10-11(4-2-7-14(10)16(17)18)9-20(19)13-6-3-5-12(15)8-13/h2-8H,9,15H2,1H3. The maximum absolute atomic E-state index is 12.3. The quantitative estimate of drug-likeness (QED) is 0.533. The van der Waals surface area contributed by atoms with E-state index in [1.807, 2.05) is 0 Å². The molecule has 6 heteroatoms. The highest BCUT2D eigenvalue weighted by atomic mass is 32.2. The summed E-state index contributed by atoms with van der Waals surface area (Å²) in [5.74, 6) is 0.233. The summed E-state index contributed by atoms with van der Waals surface area (Å²) in [4.78, 5) is 11.1. The minimum Gasteiger partial charge on any atom is -0.399 e. The van der Waals surface area contributed by atoms with Crippen molar-refractivity contribution < 1.29 is 9.13 Å². The molecule has 0 aliphatic rings. The first-order valence-electron chi connectivity index (χ1n) is 5.96. The van der Waals surface area contributed by atoms with Gasteiger partial charge in [0.2, 0.25) is 0 Å². The Morgan fingerprint density at radius 3 is 2.60 bits per heavy atom. The first-order valence-corrected chi connectivity index (χ1v) is 7.27. The van der Waals surface area contributed by atoms with Gasteiger partial charge in [0.25, 0.3) is 5.69 Å². The Bertz CT molecular complexity index is 686. The summed E-state index contributed by atoms with van der Waals surface area (Å²) < 4.78 is 12.3. The summed E-state index contributed by atoms with van der Waals surface area (Å²) in [6.07, 6.45) is 0. The van der Waals surface area contributed by atoms with Crippen LogP contribution >= 0.6 is 0 Å². The number of anilines is 1. The van der Waals surface area contributed by atoms with Gasteiger partial charge in [-0.2, -0.15) is 0 Å². The molecular weight excluding hydrogens is 276 g/mol. The average molecular weight is 290 g/mol. The Hall–Kier alpha value is -2.21. The number of nitro groups is 1. The Morgan fingerprint density at radius 1 is 1.25 bits per heavy atom. The number of hydrogen-bond donors (Lipinski definition) is 1. The van der Waals surface area contributed by atoms with Gasteiger partial charge in [-0.1, -0.05) is 18.2 Å². The lowest BCUT2D eigenvalue weighted by atomic mass is 10.1. The van der Waals surface area contributed by atoms with Crippen LogP contribution in [0.2, 0.25) is 0 Å². The van der Waals surface area contributed by atoms with Crippen LogP contribution in [0, 0.1) is 17.0 Å². The zero-order valence-electron chi connectivity index (χ0n) is 10.9. The normalized spacial score (nSPS) is 12.1. The highest BCUT2D eigenvalue weighted by molar-refractivity contribution is 7.84. The van der Waals surface area contributed by atoms with Crippen molar-refractivity contribution in [2.24, 2.45) is 0 Å². The predicted molar refractivity (Wildman–Crippen MR) is 78.8 cm³/mol. The molecule has 0 radical (unpaired) electrons. The molecule has 2 N–H and O–H groups in total. The van der Waals surface area contributed by atoms with Crippen molar-refractivity contribution in [3.05, 3.63) is 63.7 Å². The molecule has 0 spiro atoms. The fourth-order valence-corrected chi connectivity index (χ4v) is 3.16. The van der Waals surface area contributed by atoms with Crippen LogP contribution in [0.5, 0.6) is 0 Å². The highest BCUT2D eigenvalue weighted by Crippen LogP contribution is 2.24. The smallest absolute Gasteiger partial charge is 0.272 e. The number of benzene rings is 2. The molecule has 0 aliphatic carbocycles. The van der Waals surface area contributed by atoms with Crippen LogP contribution in [0.3, 0.4) is 0 Å². The topological polar surface area (TPSA) is 86.2 Å². The van der Waals surface area contributed by atoms with E-state index in [2.05, 4.69) is 0 Å². The second kappa shape index (κ2) is 5.83. The van der Waals surface area contributed by atoms with Gasteiger partial charge in [-0.05, 0) is 30.7 Å². The summed E-state index contributed by atoms with van der Waals surface area (Å²) >= 11 is 0. The molecule has 0 amide bonds. The van der Waals surface area contributed by atoms with Crippen molar-refractivity contribution in [1.82, 2.24) is 0 Å². The number of nitrogens with zero attached hydrogens (tertiary/aromatic N) is 1. The average Bonchev–Trinajstić information content (AvgIpc) is 2.40. The van der Waals surface area contributed by atoms with Crippen molar-refractivity contribution in [2.45, 2.75) is 17.6 Å². The largest absolute Gasteiger partial charge is 0.399 e. The molecule has 0 saturated heterocycles. The van der Waals surface area contributed by atoms with Gasteiger partial charge >= 0.3 is 0 Å². The van der Waals surface area contributed by atoms with Crippen LogP contribution in [0.1, 0.15) is 11.1 Å². The molecule has 1 unspecified atom stereocenters. The van der Waals surface area contributed by atoms with Crippen molar-refractivity contribution >= 4 is 22.2 Å². The minimum absolute atomic E-state index is 0.0482. The molecule has 0 aromatic heterocycles. The third kappa shape index (κ3) is 3.03. The minimum atomic E-state index is -1.28. The van der Waals surface area contributed by atoms with E-state index < -0.39 is 15.7 Å². The van der Waals surface area contributed by atoms with Gasteiger partial charge in [0.05, 0.1) is 21.5 Å². The molecule has 2 aromatic rings. The fraction of sp³-hybridized carbons (Fsp3) is 0.143. The van der Waals surface area contributed by atoms with E-state index in [-0.39, 0.29) is 11.4 Å². The molecule has 0 bridgehead atoms. The zero-order chi connectivity index (χ0) is 14.7. The number of nitrogen functional groups attached to an aromatic ring is 1. The van der Waals surface area contributed by atoms with Crippen molar-refractivity contribution in [2.75, 3.05) is 5.73 Å². The molecule has 0 saturated carbocycles. The predicted octanol–water partition coefficient (Wildman–Crippen LogP) is 2.79. The van der Waals surface area contributed by atoms with E-state index >= 15 is 0 Å². The van der Waals surface area contributed by atoms with Gasteiger partial charge in [-0.15, -0.1) is 0 Å².